The number of benzene rings is 1. The van der Waals surface area contributed by atoms with Gasteiger partial charge in [0.25, 0.3) is 0 Å². The molecule has 0 aromatic heterocycles. The van der Waals surface area contributed by atoms with Crippen LogP contribution in [0.4, 0.5) is 4.39 Å². The molecule has 18 heavy (non-hydrogen) atoms. The summed E-state index contributed by atoms with van der Waals surface area (Å²) < 4.78 is 14.4. The third-order valence-electron chi connectivity index (χ3n) is 2.81. The quantitative estimate of drug-likeness (QED) is 0.907. The largest absolute Gasteiger partial charge is 0.341 e. The smallest absolute Gasteiger partial charge is 0.225 e. The highest BCUT2D eigenvalue weighted by Crippen LogP contribution is 2.17. The minimum absolute atomic E-state index is 0.0141. The van der Waals surface area contributed by atoms with Crippen molar-refractivity contribution in [2.75, 3.05) is 13.6 Å². The van der Waals surface area contributed by atoms with Crippen LogP contribution in [0.15, 0.2) is 22.7 Å². The SMILES string of the molecule is CC(CCN)C(=O)N(C)Cc1cc(Br)ccc1F. The summed E-state index contributed by atoms with van der Waals surface area (Å²) in [6.07, 6.45) is 0.643. The van der Waals surface area contributed by atoms with Crippen LogP contribution >= 0.6 is 15.9 Å². The second kappa shape index (κ2) is 6.85. The zero-order valence-electron chi connectivity index (χ0n) is 10.6. The van der Waals surface area contributed by atoms with Gasteiger partial charge in [-0.1, -0.05) is 22.9 Å². The van der Waals surface area contributed by atoms with Gasteiger partial charge in [-0.25, -0.2) is 4.39 Å². The maximum atomic E-state index is 13.6. The van der Waals surface area contributed by atoms with Gasteiger partial charge in [0, 0.05) is 29.5 Å². The third-order valence-corrected chi connectivity index (χ3v) is 3.31. The van der Waals surface area contributed by atoms with E-state index in [0.717, 1.165) is 4.47 Å². The van der Waals surface area contributed by atoms with Crippen molar-refractivity contribution in [3.8, 4) is 0 Å². The minimum atomic E-state index is -0.302. The molecule has 2 N–H and O–H groups in total. The fraction of sp³-hybridized carbons (Fsp3) is 0.462. The molecule has 5 heteroatoms. The highest BCUT2D eigenvalue weighted by Gasteiger charge is 2.17. The summed E-state index contributed by atoms with van der Waals surface area (Å²) in [6, 6.07) is 4.71. The lowest BCUT2D eigenvalue weighted by Gasteiger charge is -2.21. The summed E-state index contributed by atoms with van der Waals surface area (Å²) in [5, 5.41) is 0. The number of nitrogens with two attached hydrogens (primary N) is 1. The average molecular weight is 317 g/mol. The predicted octanol–water partition coefficient (Wildman–Crippen LogP) is 2.53. The maximum Gasteiger partial charge on any atom is 0.225 e. The van der Waals surface area contributed by atoms with Gasteiger partial charge in [0.1, 0.15) is 5.82 Å². The highest BCUT2D eigenvalue weighted by molar-refractivity contribution is 9.10. The van der Waals surface area contributed by atoms with E-state index < -0.39 is 0 Å². The maximum absolute atomic E-state index is 13.6. The second-order valence-corrected chi connectivity index (χ2v) is 5.32. The van der Waals surface area contributed by atoms with Crippen LogP contribution in [0, 0.1) is 11.7 Å². The van der Waals surface area contributed by atoms with Crippen molar-refractivity contribution in [3.05, 3.63) is 34.1 Å². The molecular formula is C13H18BrFN2O. The van der Waals surface area contributed by atoms with Gasteiger partial charge in [-0.05, 0) is 31.2 Å². The summed E-state index contributed by atoms with van der Waals surface area (Å²) in [5.74, 6) is -0.445. The Morgan fingerprint density at radius 1 is 1.56 bits per heavy atom. The molecule has 0 saturated heterocycles. The lowest BCUT2D eigenvalue weighted by Crippen LogP contribution is -2.32. The standard InChI is InChI=1S/C13H18BrFN2O/c1-9(5-6-16)13(18)17(2)8-10-7-11(14)3-4-12(10)15/h3-4,7,9H,5-6,8,16H2,1-2H3. The first-order chi connectivity index (χ1) is 8.45. The summed E-state index contributed by atoms with van der Waals surface area (Å²) >= 11 is 3.29. The van der Waals surface area contributed by atoms with Crippen molar-refractivity contribution in [2.24, 2.45) is 11.7 Å². The van der Waals surface area contributed by atoms with Gasteiger partial charge in [0.2, 0.25) is 5.91 Å². The Hall–Kier alpha value is -0.940. The number of carbonyl (C=O) groups is 1. The molecule has 0 fully saturated rings. The molecule has 0 aliphatic carbocycles. The van der Waals surface area contributed by atoms with Gasteiger partial charge >= 0.3 is 0 Å². The molecule has 0 spiro atoms. The summed E-state index contributed by atoms with van der Waals surface area (Å²) in [4.78, 5) is 13.5. The lowest BCUT2D eigenvalue weighted by molar-refractivity contribution is -0.134. The van der Waals surface area contributed by atoms with Gasteiger partial charge in [0.15, 0.2) is 0 Å². The van der Waals surface area contributed by atoms with E-state index in [1.54, 1.807) is 19.2 Å². The Labute approximate surface area is 115 Å². The van der Waals surface area contributed by atoms with Crippen LogP contribution in [0.5, 0.6) is 0 Å². The Morgan fingerprint density at radius 3 is 2.83 bits per heavy atom. The molecule has 3 nitrogen and oxygen atoms in total. The minimum Gasteiger partial charge on any atom is -0.341 e. The molecular weight excluding hydrogens is 299 g/mol. The molecule has 1 rings (SSSR count). The molecule has 0 aliphatic rings. The summed E-state index contributed by atoms with van der Waals surface area (Å²) in [5.41, 5.74) is 5.93. The van der Waals surface area contributed by atoms with Crippen LogP contribution in [0.1, 0.15) is 18.9 Å². The van der Waals surface area contributed by atoms with Crippen molar-refractivity contribution in [1.29, 1.82) is 0 Å². The van der Waals surface area contributed by atoms with E-state index in [0.29, 0.717) is 18.5 Å². The zero-order valence-corrected chi connectivity index (χ0v) is 12.2. The van der Waals surface area contributed by atoms with E-state index in [1.807, 2.05) is 6.92 Å². The van der Waals surface area contributed by atoms with Gasteiger partial charge in [-0.2, -0.15) is 0 Å². The number of hydrogen-bond acceptors (Lipinski definition) is 2. The van der Waals surface area contributed by atoms with Crippen LogP contribution in [-0.4, -0.2) is 24.4 Å². The number of hydrogen-bond donors (Lipinski definition) is 1. The molecule has 1 atom stereocenters. The van der Waals surface area contributed by atoms with E-state index in [2.05, 4.69) is 15.9 Å². The molecule has 0 radical (unpaired) electrons. The van der Waals surface area contributed by atoms with Crippen LogP contribution in [0.25, 0.3) is 0 Å². The molecule has 1 aromatic rings. The number of halogens is 2. The van der Waals surface area contributed by atoms with E-state index in [-0.39, 0.29) is 24.2 Å². The molecule has 100 valence electrons. The van der Waals surface area contributed by atoms with Crippen LogP contribution in [0.2, 0.25) is 0 Å². The van der Waals surface area contributed by atoms with E-state index in [9.17, 15) is 9.18 Å². The van der Waals surface area contributed by atoms with E-state index in [4.69, 9.17) is 5.73 Å². The number of amides is 1. The Morgan fingerprint density at radius 2 is 2.22 bits per heavy atom. The molecule has 0 bridgehead atoms. The van der Waals surface area contributed by atoms with Gasteiger partial charge in [0.05, 0.1) is 0 Å². The van der Waals surface area contributed by atoms with Crippen molar-refractivity contribution >= 4 is 21.8 Å². The first-order valence-electron chi connectivity index (χ1n) is 5.84. The highest BCUT2D eigenvalue weighted by atomic mass is 79.9. The summed E-state index contributed by atoms with van der Waals surface area (Å²) in [6.45, 7) is 2.58. The van der Waals surface area contributed by atoms with E-state index in [1.165, 1.54) is 11.0 Å². The fourth-order valence-corrected chi connectivity index (χ4v) is 2.16. The Kier molecular flexibility index (Phi) is 5.75. The monoisotopic (exact) mass is 316 g/mol. The average Bonchev–Trinajstić information content (AvgIpc) is 2.33. The molecule has 0 aliphatic heterocycles. The molecule has 1 amide bonds. The first-order valence-corrected chi connectivity index (χ1v) is 6.64. The molecule has 1 unspecified atom stereocenters. The van der Waals surface area contributed by atoms with Crippen molar-refractivity contribution in [1.82, 2.24) is 4.90 Å². The van der Waals surface area contributed by atoms with Crippen LogP contribution in [-0.2, 0) is 11.3 Å². The topological polar surface area (TPSA) is 46.3 Å². The number of nitrogens with zero attached hydrogens (tertiary/aromatic N) is 1. The molecule has 1 aromatic carbocycles. The van der Waals surface area contributed by atoms with Crippen molar-refractivity contribution in [2.45, 2.75) is 19.9 Å². The Balaban J connectivity index is 2.72. The number of carbonyl (C=O) groups excluding carboxylic acids is 1. The Bertz CT molecular complexity index is 425. The van der Waals surface area contributed by atoms with E-state index >= 15 is 0 Å². The summed E-state index contributed by atoms with van der Waals surface area (Å²) in [7, 11) is 1.68. The van der Waals surface area contributed by atoms with Crippen molar-refractivity contribution in [3.63, 3.8) is 0 Å². The third kappa shape index (κ3) is 4.07. The normalized spacial score (nSPS) is 12.3. The van der Waals surface area contributed by atoms with Gasteiger partial charge in [-0.3, -0.25) is 4.79 Å². The number of rotatable bonds is 5. The molecule has 0 heterocycles. The van der Waals surface area contributed by atoms with Crippen LogP contribution in [0.3, 0.4) is 0 Å². The second-order valence-electron chi connectivity index (χ2n) is 4.41. The van der Waals surface area contributed by atoms with Gasteiger partial charge < -0.3 is 10.6 Å². The lowest BCUT2D eigenvalue weighted by atomic mass is 10.1. The van der Waals surface area contributed by atoms with Gasteiger partial charge in [-0.15, -0.1) is 0 Å². The first kappa shape index (κ1) is 15.1. The van der Waals surface area contributed by atoms with Crippen LogP contribution < -0.4 is 5.73 Å². The predicted molar refractivity (Wildman–Crippen MR) is 73.4 cm³/mol. The zero-order chi connectivity index (χ0) is 13.7. The fourth-order valence-electron chi connectivity index (χ4n) is 1.75. The molecule has 0 saturated carbocycles. The van der Waals surface area contributed by atoms with Crippen molar-refractivity contribution < 1.29 is 9.18 Å².